The first-order valence-corrected chi connectivity index (χ1v) is 25.3. The molecule has 64 heavy (non-hydrogen) atoms. The highest BCUT2D eigenvalue weighted by Crippen LogP contribution is 2.51. The van der Waals surface area contributed by atoms with Crippen molar-refractivity contribution in [3.8, 4) is 66.8 Å². The fraction of sp³-hybridized carbons (Fsp3) is 0.0169. The van der Waals surface area contributed by atoms with E-state index in [0.717, 1.165) is 5.03 Å². The molecule has 0 unspecified atom stereocenters. The predicted molar refractivity (Wildman–Crippen MR) is 271 cm³/mol. The van der Waals surface area contributed by atoms with E-state index in [2.05, 4.69) is 225 Å². The van der Waals surface area contributed by atoms with Gasteiger partial charge in [-0.15, -0.1) is 0 Å². The van der Waals surface area contributed by atoms with Crippen LogP contribution in [-0.4, -0.2) is 18.0 Å². The summed E-state index contributed by atoms with van der Waals surface area (Å²) in [5.41, 5.74) is 15.7. The second-order valence-electron chi connectivity index (χ2n) is 16.5. The third-order valence-electron chi connectivity index (χ3n) is 12.9. The Kier molecular flexibility index (Phi) is 9.63. The molecular weight excluding hydrogens is 829 g/mol. The predicted octanol–water partition coefficient (Wildman–Crippen LogP) is 13.1. The Balaban J connectivity index is 1.12. The average molecular weight is 869 g/mol. The van der Waals surface area contributed by atoms with Gasteiger partial charge in [0, 0.05) is 26.1 Å². The van der Waals surface area contributed by atoms with Crippen LogP contribution in [0, 0.1) is 6.92 Å². The third kappa shape index (κ3) is 6.18. The summed E-state index contributed by atoms with van der Waals surface area (Å²) in [4.78, 5) is 13.7. The van der Waals surface area contributed by atoms with Gasteiger partial charge in [0.1, 0.15) is 11.4 Å². The highest BCUT2D eigenvalue weighted by Gasteiger charge is 2.52. The largest absolute Gasteiger partial charge is 0.245 e. The molecule has 2 aliphatic rings. The van der Waals surface area contributed by atoms with Crippen LogP contribution in [0.15, 0.2) is 245 Å². The third-order valence-corrected chi connectivity index (χ3v) is 20.8. The quantitative estimate of drug-likeness (QED) is 0.123. The van der Waals surface area contributed by atoms with Crippen molar-refractivity contribution in [1.29, 1.82) is 0 Å². The summed E-state index contributed by atoms with van der Waals surface area (Å²) in [7, 11) is -2.84. The highest BCUT2D eigenvalue weighted by atomic mass is 32.2. The number of aromatic nitrogens is 2. The van der Waals surface area contributed by atoms with Crippen LogP contribution in [0.1, 0.15) is 5.56 Å². The number of rotatable bonds is 6. The first-order valence-electron chi connectivity index (χ1n) is 21.7. The zero-order valence-electron chi connectivity index (χ0n) is 35.1. The van der Waals surface area contributed by atoms with Gasteiger partial charge in [0.2, 0.25) is 0 Å². The molecule has 0 radical (unpaired) electrons. The molecule has 2 nitrogen and oxygen atoms in total. The van der Waals surface area contributed by atoms with Crippen molar-refractivity contribution in [2.75, 3.05) is 0 Å². The Labute approximate surface area is 383 Å². The summed E-state index contributed by atoms with van der Waals surface area (Å²) in [6.07, 6.45) is 3.84. The molecule has 10 aromatic rings. The van der Waals surface area contributed by atoms with E-state index in [9.17, 15) is 0 Å². The van der Waals surface area contributed by atoms with Crippen molar-refractivity contribution in [2.45, 2.75) is 26.6 Å². The smallest absolute Gasteiger partial charge is 0.188 e. The van der Waals surface area contributed by atoms with Gasteiger partial charge in [0.25, 0.3) is 0 Å². The fourth-order valence-electron chi connectivity index (χ4n) is 10.2. The lowest BCUT2D eigenvalue weighted by molar-refractivity contribution is 1.06. The topological polar surface area (TPSA) is 25.8 Å². The van der Waals surface area contributed by atoms with Crippen LogP contribution in [0.5, 0.6) is 0 Å². The molecule has 1 spiro atoms. The fourth-order valence-corrected chi connectivity index (χ4v) is 19.3. The maximum absolute atomic E-state index is 5.05. The van der Waals surface area contributed by atoms with Crippen molar-refractivity contribution in [2.24, 2.45) is 0 Å². The molecule has 0 fully saturated rings. The summed E-state index contributed by atoms with van der Waals surface area (Å²) in [5.74, 6) is 0. The van der Waals surface area contributed by atoms with Crippen LogP contribution in [0.4, 0.5) is 0 Å². The minimum Gasteiger partial charge on any atom is -0.245 e. The van der Waals surface area contributed by atoms with Gasteiger partial charge in [-0.3, -0.25) is 0 Å². The van der Waals surface area contributed by atoms with Crippen molar-refractivity contribution >= 4 is 52.3 Å². The van der Waals surface area contributed by atoms with Gasteiger partial charge < -0.3 is 0 Å². The molecule has 0 aliphatic carbocycles. The monoisotopic (exact) mass is 868 g/mol. The Bertz CT molecular complexity index is 3210. The van der Waals surface area contributed by atoms with Gasteiger partial charge in [-0.1, -0.05) is 218 Å². The summed E-state index contributed by atoms with van der Waals surface area (Å²) in [5, 5.41) is 6.56. The van der Waals surface area contributed by atoms with Crippen molar-refractivity contribution in [1.82, 2.24) is 9.97 Å². The lowest BCUT2D eigenvalue weighted by Gasteiger charge is -2.43. The summed E-state index contributed by atoms with van der Waals surface area (Å²) in [6.45, 7) is 2.27. The van der Waals surface area contributed by atoms with Crippen LogP contribution < -0.4 is 20.7 Å². The Morgan fingerprint density at radius 3 is 1.36 bits per heavy atom. The molecule has 0 bridgehead atoms. The number of hydrogen-bond donors (Lipinski definition) is 0. The number of aryl methyl sites for hydroxylation is 1. The number of fused-ring (bicyclic) bond motifs is 8. The van der Waals surface area contributed by atoms with Gasteiger partial charge in [0.05, 0.1) is 0 Å². The standard InChI is InChI=1S/C59H40N2S2Si/c1-39-30-35-52-58(63-59-53(37-60-38-61-59)64(52)50-28-16-14-26-48(50)62-49-27-15-17-29-51(49)64)54(39)44-31-33-45(34-32-44)57-55(42-22-10-4-11-23-42)46(40-18-6-2-7-19-40)36-47(41-20-8-3-9-21-41)56(57)43-24-12-5-13-25-43/h2-38H,1H3. The number of benzene rings is 9. The minimum absolute atomic E-state index is 1.06. The van der Waals surface area contributed by atoms with Crippen LogP contribution in [-0.2, 0) is 0 Å². The van der Waals surface area contributed by atoms with Crippen molar-refractivity contribution in [3.63, 3.8) is 0 Å². The maximum atomic E-state index is 5.05. The van der Waals surface area contributed by atoms with Crippen molar-refractivity contribution < 1.29 is 0 Å². The molecule has 9 aromatic carbocycles. The molecule has 2 aliphatic heterocycles. The molecule has 1 aromatic heterocycles. The second-order valence-corrected chi connectivity index (χ2v) is 22.2. The molecule has 0 N–H and O–H groups in total. The molecule has 302 valence electrons. The number of nitrogens with zero attached hydrogens (tertiary/aromatic N) is 2. The van der Waals surface area contributed by atoms with E-state index in [1.54, 1.807) is 6.33 Å². The molecule has 3 heterocycles. The van der Waals surface area contributed by atoms with E-state index in [-0.39, 0.29) is 0 Å². The van der Waals surface area contributed by atoms with Crippen LogP contribution in [0.25, 0.3) is 66.8 Å². The second kappa shape index (κ2) is 16.0. The van der Waals surface area contributed by atoms with Gasteiger partial charge in [-0.05, 0) is 113 Å². The lowest BCUT2D eigenvalue weighted by Crippen LogP contribution is -2.78. The first-order chi connectivity index (χ1) is 31.7. The Morgan fingerprint density at radius 1 is 0.375 bits per heavy atom. The molecule has 12 rings (SSSR count). The van der Waals surface area contributed by atoms with Gasteiger partial charge in [-0.25, -0.2) is 9.97 Å². The van der Waals surface area contributed by atoms with E-state index in [1.807, 2.05) is 23.5 Å². The van der Waals surface area contributed by atoms with E-state index < -0.39 is 8.07 Å². The summed E-state index contributed by atoms with van der Waals surface area (Å²) in [6, 6.07) is 78.4. The van der Waals surface area contributed by atoms with E-state index >= 15 is 0 Å². The van der Waals surface area contributed by atoms with Crippen LogP contribution >= 0.6 is 23.5 Å². The minimum atomic E-state index is -2.84. The van der Waals surface area contributed by atoms with Gasteiger partial charge >= 0.3 is 0 Å². The molecule has 0 amide bonds. The molecule has 5 heteroatoms. The zero-order chi connectivity index (χ0) is 42.6. The average Bonchev–Trinajstić information content (AvgIpc) is 3.37. The van der Waals surface area contributed by atoms with E-state index in [0.29, 0.717) is 0 Å². The maximum Gasteiger partial charge on any atom is 0.188 e. The van der Waals surface area contributed by atoms with Gasteiger partial charge in [0.15, 0.2) is 8.07 Å². The zero-order valence-corrected chi connectivity index (χ0v) is 37.7. The molecule has 0 saturated heterocycles. The number of hydrogen-bond acceptors (Lipinski definition) is 4. The Morgan fingerprint density at radius 2 is 0.828 bits per heavy atom. The highest BCUT2D eigenvalue weighted by molar-refractivity contribution is 8.01. The van der Waals surface area contributed by atoms with Crippen LogP contribution in [0.2, 0.25) is 0 Å². The Hall–Kier alpha value is -7.02. The molecule has 0 saturated carbocycles. The van der Waals surface area contributed by atoms with E-state index in [1.165, 1.54) is 108 Å². The van der Waals surface area contributed by atoms with Gasteiger partial charge in [-0.2, -0.15) is 0 Å². The molecule has 0 atom stereocenters. The summed E-state index contributed by atoms with van der Waals surface area (Å²) < 4.78 is 0. The van der Waals surface area contributed by atoms with Crippen molar-refractivity contribution in [3.05, 3.63) is 230 Å². The molecular formula is C59H40N2S2Si. The lowest BCUT2D eigenvalue weighted by atomic mass is 9.78. The normalized spacial score (nSPS) is 13.1. The summed E-state index contributed by atoms with van der Waals surface area (Å²) >= 11 is 3.70. The van der Waals surface area contributed by atoms with Crippen LogP contribution in [0.3, 0.4) is 0 Å². The SMILES string of the molecule is Cc1ccc2c(c1-c1ccc(-c3c(-c4ccccc4)c(-c4ccccc4)cc(-c4ccccc4)c3-c3ccccc3)cc1)Sc1ncncc1[Si]21c2ccccc2Sc2ccccc21. The first kappa shape index (κ1) is 38.6. The van der Waals surface area contributed by atoms with E-state index in [4.69, 9.17) is 9.97 Å².